The van der Waals surface area contributed by atoms with E-state index in [0.717, 1.165) is 44.9 Å². The van der Waals surface area contributed by atoms with Gasteiger partial charge < -0.3 is 9.80 Å². The third kappa shape index (κ3) is 4.52. The van der Waals surface area contributed by atoms with Crippen molar-refractivity contribution in [2.75, 3.05) is 36.8 Å². The first kappa shape index (κ1) is 19.9. The predicted molar refractivity (Wildman–Crippen MR) is 124 cm³/mol. The van der Waals surface area contributed by atoms with Gasteiger partial charge in [0, 0.05) is 32.4 Å². The second kappa shape index (κ2) is 8.99. The van der Waals surface area contributed by atoms with Gasteiger partial charge in [-0.1, -0.05) is 30.0 Å². The predicted octanol–water partition coefficient (Wildman–Crippen LogP) is 3.59. The molecule has 1 aliphatic heterocycles. The van der Waals surface area contributed by atoms with Crippen LogP contribution in [0.15, 0.2) is 65.1 Å². The molecule has 1 aliphatic rings. The SMILES string of the molecule is O=C(CSc1nc2ccccc2s1)N1CCN(c2ccc(-c3ccccn3)nn2)CC1. The fourth-order valence-corrected chi connectivity index (χ4v) is 5.43. The average Bonchev–Trinajstić information content (AvgIpc) is 3.26. The maximum Gasteiger partial charge on any atom is 0.233 e. The lowest BCUT2D eigenvalue weighted by molar-refractivity contribution is -0.128. The van der Waals surface area contributed by atoms with Gasteiger partial charge in [-0.3, -0.25) is 9.78 Å². The number of nitrogens with zero attached hydrogens (tertiary/aromatic N) is 6. The number of rotatable bonds is 5. The molecule has 1 aromatic carbocycles. The second-order valence-electron chi connectivity index (χ2n) is 7.10. The number of fused-ring (bicyclic) bond motifs is 1. The van der Waals surface area contributed by atoms with Crippen LogP contribution in [0, 0.1) is 0 Å². The summed E-state index contributed by atoms with van der Waals surface area (Å²) in [6.45, 7) is 2.86. The van der Waals surface area contributed by atoms with Crippen LogP contribution in [-0.2, 0) is 4.79 Å². The van der Waals surface area contributed by atoms with E-state index in [1.165, 1.54) is 11.8 Å². The van der Waals surface area contributed by atoms with Crippen molar-refractivity contribution >= 4 is 45.0 Å². The van der Waals surface area contributed by atoms with Gasteiger partial charge in [-0.2, -0.15) is 0 Å². The van der Waals surface area contributed by atoms with Crippen LogP contribution in [-0.4, -0.2) is 62.9 Å². The summed E-state index contributed by atoms with van der Waals surface area (Å²) in [7, 11) is 0. The van der Waals surface area contributed by atoms with Crippen LogP contribution in [0.2, 0.25) is 0 Å². The van der Waals surface area contributed by atoms with Crippen molar-refractivity contribution in [2.24, 2.45) is 0 Å². The van der Waals surface area contributed by atoms with Crippen molar-refractivity contribution in [3.05, 3.63) is 60.8 Å². The van der Waals surface area contributed by atoms with Crippen LogP contribution in [0.4, 0.5) is 5.82 Å². The van der Waals surface area contributed by atoms with Crippen LogP contribution in [0.25, 0.3) is 21.6 Å². The molecule has 0 saturated carbocycles. The molecule has 0 atom stereocenters. The molecule has 4 aromatic rings. The van der Waals surface area contributed by atoms with Gasteiger partial charge >= 0.3 is 0 Å². The Balaban J connectivity index is 1.14. The van der Waals surface area contributed by atoms with Crippen molar-refractivity contribution in [3.8, 4) is 11.4 Å². The zero-order valence-corrected chi connectivity index (χ0v) is 18.4. The highest BCUT2D eigenvalue weighted by Gasteiger charge is 2.22. The van der Waals surface area contributed by atoms with Crippen molar-refractivity contribution in [2.45, 2.75) is 4.34 Å². The Morgan fingerprint density at radius 2 is 1.77 bits per heavy atom. The van der Waals surface area contributed by atoms with E-state index in [4.69, 9.17) is 0 Å². The first-order chi connectivity index (χ1) is 15.3. The lowest BCUT2D eigenvalue weighted by atomic mass is 10.2. The number of benzene rings is 1. The molecule has 0 bridgehead atoms. The van der Waals surface area contributed by atoms with Gasteiger partial charge in [0.15, 0.2) is 10.2 Å². The number of thiazole rings is 1. The maximum absolute atomic E-state index is 12.7. The summed E-state index contributed by atoms with van der Waals surface area (Å²) in [6, 6.07) is 17.7. The van der Waals surface area contributed by atoms with Gasteiger partial charge in [0.25, 0.3) is 0 Å². The molecule has 1 fully saturated rings. The molecule has 31 heavy (non-hydrogen) atoms. The number of hydrogen-bond acceptors (Lipinski definition) is 8. The minimum atomic E-state index is 0.153. The van der Waals surface area contributed by atoms with Gasteiger partial charge in [0.05, 0.1) is 21.7 Å². The topological polar surface area (TPSA) is 75.1 Å². The smallest absolute Gasteiger partial charge is 0.233 e. The first-order valence-electron chi connectivity index (χ1n) is 10.0. The van der Waals surface area contributed by atoms with E-state index in [0.29, 0.717) is 18.8 Å². The Labute approximate surface area is 188 Å². The number of piperazine rings is 1. The highest BCUT2D eigenvalue weighted by Crippen LogP contribution is 2.29. The van der Waals surface area contributed by atoms with E-state index in [9.17, 15) is 4.79 Å². The second-order valence-corrected chi connectivity index (χ2v) is 9.35. The lowest BCUT2D eigenvalue weighted by Crippen LogP contribution is -2.49. The van der Waals surface area contributed by atoms with Gasteiger partial charge in [0.2, 0.25) is 5.91 Å². The highest BCUT2D eigenvalue weighted by molar-refractivity contribution is 8.01. The molecule has 3 aromatic heterocycles. The summed E-state index contributed by atoms with van der Waals surface area (Å²) in [5, 5.41) is 8.68. The number of anilines is 1. The molecule has 0 radical (unpaired) electrons. The van der Waals surface area contributed by atoms with Crippen molar-refractivity contribution < 1.29 is 4.79 Å². The molecule has 4 heterocycles. The lowest BCUT2D eigenvalue weighted by Gasteiger charge is -2.35. The molecule has 0 spiro atoms. The van der Waals surface area contributed by atoms with Crippen LogP contribution in [0.1, 0.15) is 0 Å². The molecule has 7 nitrogen and oxygen atoms in total. The number of carbonyl (C=O) groups is 1. The fourth-order valence-electron chi connectivity index (χ4n) is 3.46. The molecule has 156 valence electrons. The summed E-state index contributed by atoms with van der Waals surface area (Å²) in [4.78, 5) is 25.6. The van der Waals surface area contributed by atoms with E-state index >= 15 is 0 Å². The van der Waals surface area contributed by atoms with E-state index in [2.05, 4.69) is 31.1 Å². The third-order valence-corrected chi connectivity index (χ3v) is 7.29. The van der Waals surface area contributed by atoms with E-state index < -0.39 is 0 Å². The standard InChI is InChI=1S/C22H20N6OS2/c29-21(15-30-22-24-18-6-1-2-7-19(18)31-22)28-13-11-27(12-14-28)20-9-8-17(25-26-20)16-5-3-4-10-23-16/h1-10H,11-15H2. The van der Waals surface area contributed by atoms with Gasteiger partial charge in [0.1, 0.15) is 5.69 Å². The molecule has 5 rings (SSSR count). The van der Waals surface area contributed by atoms with Crippen molar-refractivity contribution in [3.63, 3.8) is 0 Å². The number of aromatic nitrogens is 4. The van der Waals surface area contributed by atoms with Crippen LogP contribution in [0.5, 0.6) is 0 Å². The van der Waals surface area contributed by atoms with Crippen LogP contribution < -0.4 is 4.90 Å². The number of hydrogen-bond donors (Lipinski definition) is 0. The van der Waals surface area contributed by atoms with Gasteiger partial charge in [-0.25, -0.2) is 4.98 Å². The van der Waals surface area contributed by atoms with E-state index in [-0.39, 0.29) is 5.91 Å². The Bertz CT molecular complexity index is 1140. The maximum atomic E-state index is 12.7. The summed E-state index contributed by atoms with van der Waals surface area (Å²) < 4.78 is 2.10. The largest absolute Gasteiger partial charge is 0.352 e. The van der Waals surface area contributed by atoms with Crippen molar-refractivity contribution in [1.82, 2.24) is 25.1 Å². The monoisotopic (exact) mass is 448 g/mol. The quantitative estimate of drug-likeness (QED) is 0.432. The minimum absolute atomic E-state index is 0.153. The highest BCUT2D eigenvalue weighted by atomic mass is 32.2. The Morgan fingerprint density at radius 3 is 2.52 bits per heavy atom. The number of para-hydroxylation sites is 1. The molecule has 1 saturated heterocycles. The van der Waals surface area contributed by atoms with Crippen LogP contribution >= 0.6 is 23.1 Å². The number of pyridine rings is 1. The first-order valence-corrected chi connectivity index (χ1v) is 11.8. The number of amides is 1. The average molecular weight is 449 g/mol. The summed E-state index contributed by atoms with van der Waals surface area (Å²) in [5.74, 6) is 1.40. The summed E-state index contributed by atoms with van der Waals surface area (Å²) >= 11 is 3.16. The van der Waals surface area contributed by atoms with Gasteiger partial charge in [-0.05, 0) is 36.4 Å². The van der Waals surface area contributed by atoms with E-state index in [1.54, 1.807) is 17.5 Å². The molecular weight excluding hydrogens is 428 g/mol. The fraction of sp³-hybridized carbons (Fsp3) is 0.227. The summed E-state index contributed by atoms with van der Waals surface area (Å²) in [6.07, 6.45) is 1.75. The molecule has 9 heteroatoms. The third-order valence-electron chi connectivity index (χ3n) is 5.13. The van der Waals surface area contributed by atoms with Gasteiger partial charge in [-0.15, -0.1) is 21.5 Å². The molecule has 1 amide bonds. The molecule has 0 unspecified atom stereocenters. The Kier molecular flexibility index (Phi) is 5.77. The summed E-state index contributed by atoms with van der Waals surface area (Å²) in [5.41, 5.74) is 2.55. The normalized spacial score (nSPS) is 14.2. The van der Waals surface area contributed by atoms with E-state index in [1.807, 2.05) is 53.4 Å². The molecule has 0 N–H and O–H groups in total. The molecular formula is C22H20N6OS2. The minimum Gasteiger partial charge on any atom is -0.352 e. The zero-order valence-electron chi connectivity index (χ0n) is 16.7. The molecule has 0 aliphatic carbocycles. The number of thioether (sulfide) groups is 1. The number of carbonyl (C=O) groups excluding carboxylic acids is 1. The van der Waals surface area contributed by atoms with Crippen LogP contribution in [0.3, 0.4) is 0 Å². The zero-order chi connectivity index (χ0) is 21.0. The van der Waals surface area contributed by atoms with Crippen molar-refractivity contribution in [1.29, 1.82) is 0 Å². The Morgan fingerprint density at radius 1 is 0.935 bits per heavy atom. The Hall–Kier alpha value is -3.04.